The van der Waals surface area contributed by atoms with Gasteiger partial charge in [0.05, 0.1) is 11.0 Å². The van der Waals surface area contributed by atoms with Gasteiger partial charge in [-0.05, 0) is 100 Å². The van der Waals surface area contributed by atoms with Crippen LogP contribution in [0.15, 0.2) is 212 Å². The van der Waals surface area contributed by atoms with E-state index >= 15 is 0 Å². The van der Waals surface area contributed by atoms with E-state index in [-0.39, 0.29) is 5.82 Å². The van der Waals surface area contributed by atoms with E-state index in [1.165, 1.54) is 48.0 Å². The molecule has 0 saturated carbocycles. The molecule has 11 aromatic rings. The minimum absolute atomic E-state index is 0.238. The molecule has 2 heterocycles. The molecule has 0 aliphatic heterocycles. The van der Waals surface area contributed by atoms with Gasteiger partial charge in [-0.25, -0.2) is 4.39 Å². The maximum atomic E-state index is 14.6. The topological polar surface area (TPSA) is 8.17 Å². The van der Waals surface area contributed by atoms with Crippen molar-refractivity contribution in [2.75, 3.05) is 4.90 Å². The third-order valence-corrected chi connectivity index (χ3v) is 12.5. The molecule has 0 fully saturated rings. The first kappa shape index (κ1) is 34.0. The minimum atomic E-state index is -0.238. The Hall–Kier alpha value is -7.27. The second-order valence-corrected chi connectivity index (χ2v) is 15.7. The van der Waals surface area contributed by atoms with Crippen LogP contribution in [0.3, 0.4) is 0 Å². The number of thiophene rings is 1. The first-order valence-corrected chi connectivity index (χ1v) is 20.3. The lowest BCUT2D eigenvalue weighted by atomic mass is 10.00. The molecule has 2 nitrogen and oxygen atoms in total. The summed E-state index contributed by atoms with van der Waals surface area (Å²) in [5, 5.41) is 4.49. The van der Waals surface area contributed by atoms with Gasteiger partial charge >= 0.3 is 0 Å². The van der Waals surface area contributed by atoms with Crippen LogP contribution in [-0.2, 0) is 0 Å². The SMILES string of the molecule is Fc1ccc2c(c1)c1ccccc1n2-c1cccc(N(c2ccc(-c3ccccc3)cc2)c2ccc(-c3cccc4c3sc3c(-c5ccccc5)cccc34)cc2)c1. The van der Waals surface area contributed by atoms with E-state index in [2.05, 4.69) is 185 Å². The fourth-order valence-corrected chi connectivity index (χ4v) is 9.93. The summed E-state index contributed by atoms with van der Waals surface area (Å²) in [6, 6.07) is 74.2. The number of para-hydroxylation sites is 1. The van der Waals surface area contributed by atoms with Crippen LogP contribution in [-0.4, -0.2) is 4.57 Å². The molecule has 11 rings (SSSR count). The second-order valence-electron chi connectivity index (χ2n) is 14.7. The maximum Gasteiger partial charge on any atom is 0.123 e. The van der Waals surface area contributed by atoms with Crippen molar-refractivity contribution in [3.05, 3.63) is 218 Å². The zero-order valence-corrected chi connectivity index (χ0v) is 32.2. The Morgan fingerprint density at radius 1 is 0.362 bits per heavy atom. The number of hydrogen-bond donors (Lipinski definition) is 0. The summed E-state index contributed by atoms with van der Waals surface area (Å²) < 4.78 is 19.4. The molecule has 0 radical (unpaired) electrons. The lowest BCUT2D eigenvalue weighted by molar-refractivity contribution is 0.629. The average Bonchev–Trinajstić information content (AvgIpc) is 3.84. The average molecular weight is 763 g/mol. The van der Waals surface area contributed by atoms with E-state index < -0.39 is 0 Å². The molecule has 58 heavy (non-hydrogen) atoms. The number of rotatable bonds is 7. The molecule has 9 aromatic carbocycles. The maximum absolute atomic E-state index is 14.6. The molecule has 0 aliphatic rings. The van der Waals surface area contributed by atoms with Crippen LogP contribution in [0.2, 0.25) is 0 Å². The fourth-order valence-electron chi connectivity index (χ4n) is 8.56. The number of fused-ring (bicyclic) bond motifs is 6. The van der Waals surface area contributed by atoms with Gasteiger partial charge < -0.3 is 9.47 Å². The molecule has 274 valence electrons. The quantitative estimate of drug-likeness (QED) is 0.157. The summed E-state index contributed by atoms with van der Waals surface area (Å²) in [6.07, 6.45) is 0. The lowest BCUT2D eigenvalue weighted by Crippen LogP contribution is -2.10. The normalized spacial score (nSPS) is 11.5. The first-order valence-electron chi connectivity index (χ1n) is 19.5. The predicted octanol–water partition coefficient (Wildman–Crippen LogP) is 15.8. The van der Waals surface area contributed by atoms with Crippen molar-refractivity contribution < 1.29 is 4.39 Å². The highest BCUT2D eigenvalue weighted by atomic mass is 32.1. The van der Waals surface area contributed by atoms with E-state index in [4.69, 9.17) is 0 Å². The summed E-state index contributed by atoms with van der Waals surface area (Å²) in [7, 11) is 0. The molecule has 0 amide bonds. The van der Waals surface area contributed by atoms with E-state index in [9.17, 15) is 4.39 Å². The summed E-state index contributed by atoms with van der Waals surface area (Å²) >= 11 is 1.88. The summed E-state index contributed by atoms with van der Waals surface area (Å²) in [5.74, 6) is -0.238. The van der Waals surface area contributed by atoms with Gasteiger partial charge in [0, 0.05) is 53.7 Å². The van der Waals surface area contributed by atoms with Crippen LogP contribution in [0.5, 0.6) is 0 Å². The smallest absolute Gasteiger partial charge is 0.123 e. The third kappa shape index (κ3) is 5.77. The number of hydrogen-bond acceptors (Lipinski definition) is 2. The van der Waals surface area contributed by atoms with Crippen LogP contribution < -0.4 is 4.90 Å². The van der Waals surface area contributed by atoms with Crippen molar-refractivity contribution in [1.82, 2.24) is 4.57 Å². The molecule has 4 heteroatoms. The molecule has 0 aliphatic carbocycles. The number of aromatic nitrogens is 1. The molecule has 0 saturated heterocycles. The number of nitrogens with zero attached hydrogens (tertiary/aromatic N) is 2. The highest BCUT2D eigenvalue weighted by Crippen LogP contribution is 2.45. The van der Waals surface area contributed by atoms with Crippen molar-refractivity contribution in [3.8, 4) is 39.1 Å². The van der Waals surface area contributed by atoms with Crippen molar-refractivity contribution in [1.29, 1.82) is 0 Å². The van der Waals surface area contributed by atoms with Gasteiger partial charge in [0.2, 0.25) is 0 Å². The van der Waals surface area contributed by atoms with E-state index in [1.807, 2.05) is 35.6 Å². The zero-order valence-electron chi connectivity index (χ0n) is 31.4. The van der Waals surface area contributed by atoms with E-state index in [0.29, 0.717) is 0 Å². The van der Waals surface area contributed by atoms with Crippen LogP contribution >= 0.6 is 11.3 Å². The van der Waals surface area contributed by atoms with Crippen LogP contribution in [0.25, 0.3) is 81.0 Å². The second kappa shape index (κ2) is 14.0. The molecule has 2 aromatic heterocycles. The standard InChI is InChI=1S/C54H35FN2S/c55-40-28-33-52-50(34-40)47-18-7-8-23-51(47)57(52)44-17-9-16-43(35-44)56(41-29-24-37(25-30-41)36-12-3-1-4-13-36)42-31-26-39(27-32-42)46-20-11-22-49-48-21-10-19-45(53(48)58-54(46)49)38-14-5-2-6-15-38/h1-35H. The minimum Gasteiger partial charge on any atom is -0.310 e. The predicted molar refractivity (Wildman–Crippen MR) is 245 cm³/mol. The fraction of sp³-hybridized carbons (Fsp3) is 0. The van der Waals surface area contributed by atoms with Crippen molar-refractivity contribution >= 4 is 70.4 Å². The molecular weight excluding hydrogens is 728 g/mol. The molecule has 0 unspecified atom stereocenters. The monoisotopic (exact) mass is 762 g/mol. The largest absolute Gasteiger partial charge is 0.310 e. The summed E-state index contributed by atoms with van der Waals surface area (Å²) in [5.41, 5.74) is 13.4. The first-order chi connectivity index (χ1) is 28.7. The van der Waals surface area contributed by atoms with Gasteiger partial charge in [-0.2, -0.15) is 0 Å². The van der Waals surface area contributed by atoms with Crippen molar-refractivity contribution in [2.24, 2.45) is 0 Å². The lowest BCUT2D eigenvalue weighted by Gasteiger charge is -2.26. The Labute approximate surface area is 339 Å². The Morgan fingerprint density at radius 3 is 1.55 bits per heavy atom. The molecule has 0 bridgehead atoms. The Bertz CT molecular complexity index is 3270. The molecule has 0 N–H and O–H groups in total. The number of anilines is 3. The Balaban J connectivity index is 1.04. The zero-order chi connectivity index (χ0) is 38.6. The van der Waals surface area contributed by atoms with Crippen LogP contribution in [0, 0.1) is 5.82 Å². The van der Waals surface area contributed by atoms with Gasteiger partial charge in [-0.1, -0.05) is 146 Å². The van der Waals surface area contributed by atoms with Crippen molar-refractivity contribution in [3.63, 3.8) is 0 Å². The van der Waals surface area contributed by atoms with Crippen LogP contribution in [0.1, 0.15) is 0 Å². The summed E-state index contributed by atoms with van der Waals surface area (Å²) in [6.45, 7) is 0. The third-order valence-electron chi connectivity index (χ3n) is 11.3. The van der Waals surface area contributed by atoms with Gasteiger partial charge in [-0.15, -0.1) is 11.3 Å². The van der Waals surface area contributed by atoms with Crippen molar-refractivity contribution in [2.45, 2.75) is 0 Å². The number of halogens is 1. The highest BCUT2D eigenvalue weighted by molar-refractivity contribution is 7.26. The van der Waals surface area contributed by atoms with Gasteiger partial charge in [0.1, 0.15) is 5.82 Å². The van der Waals surface area contributed by atoms with Gasteiger partial charge in [0.25, 0.3) is 0 Å². The molecule has 0 spiro atoms. The van der Waals surface area contributed by atoms with E-state index in [1.54, 1.807) is 12.1 Å². The highest BCUT2D eigenvalue weighted by Gasteiger charge is 2.19. The number of benzene rings is 9. The van der Waals surface area contributed by atoms with Gasteiger partial charge in [0.15, 0.2) is 0 Å². The Kier molecular flexibility index (Phi) is 8.23. The van der Waals surface area contributed by atoms with Gasteiger partial charge in [-0.3, -0.25) is 0 Å². The van der Waals surface area contributed by atoms with E-state index in [0.717, 1.165) is 50.1 Å². The molecule has 0 atom stereocenters. The Morgan fingerprint density at radius 2 is 0.879 bits per heavy atom. The summed E-state index contributed by atoms with van der Waals surface area (Å²) in [4.78, 5) is 2.32. The molecular formula is C54H35FN2S. The van der Waals surface area contributed by atoms with Crippen LogP contribution in [0.4, 0.5) is 21.5 Å².